The zero-order valence-corrected chi connectivity index (χ0v) is 12.3. The number of anilines is 2. The number of hydrazine groups is 2. The smallest absolute Gasteiger partial charge is 0.274 e. The van der Waals surface area contributed by atoms with Crippen LogP contribution in [0, 0.1) is 0 Å². The van der Waals surface area contributed by atoms with E-state index in [0.717, 1.165) is 0 Å². The minimum atomic E-state index is -5.47. The molecule has 6 nitrogen and oxygen atoms in total. The lowest BCUT2D eigenvalue weighted by Crippen LogP contribution is -2.48. The van der Waals surface area contributed by atoms with Crippen LogP contribution < -0.4 is 20.7 Å². The summed E-state index contributed by atoms with van der Waals surface area (Å²) in [5.74, 6) is 0. The Labute approximate surface area is 121 Å². The van der Waals surface area contributed by atoms with Crippen LogP contribution in [0.3, 0.4) is 0 Å². The van der Waals surface area contributed by atoms with E-state index in [2.05, 4.69) is 10.9 Å². The number of nitrogens with one attached hydrogen (secondary N) is 3. The number of sulfonamides is 1. The van der Waals surface area contributed by atoms with Crippen molar-refractivity contribution >= 4 is 21.4 Å². The Morgan fingerprint density at radius 3 is 2.10 bits per heavy atom. The van der Waals surface area contributed by atoms with Gasteiger partial charge in [0, 0.05) is 13.1 Å². The van der Waals surface area contributed by atoms with Crippen LogP contribution in [-0.4, -0.2) is 27.0 Å². The Hall–Kier alpha value is -1.52. The lowest BCUT2D eigenvalue weighted by molar-refractivity contribution is -0.0429. The van der Waals surface area contributed by atoms with Gasteiger partial charge in [0.2, 0.25) is 0 Å². The van der Waals surface area contributed by atoms with Crippen molar-refractivity contribution in [2.75, 3.05) is 22.9 Å². The van der Waals surface area contributed by atoms with Crippen molar-refractivity contribution in [1.29, 1.82) is 0 Å². The van der Waals surface area contributed by atoms with Crippen molar-refractivity contribution < 1.29 is 21.6 Å². The summed E-state index contributed by atoms with van der Waals surface area (Å²) in [5, 5.41) is 1.37. The van der Waals surface area contributed by atoms with E-state index in [-0.39, 0.29) is 11.4 Å². The fourth-order valence-corrected chi connectivity index (χ4v) is 2.08. The molecule has 0 aromatic heterocycles. The van der Waals surface area contributed by atoms with E-state index in [0.29, 0.717) is 13.1 Å². The standard InChI is InChI=1S/C11H17F3N4O2S/c1-3-15-18(16-4-2)10-8-6-5-7-9(10)17-21(19,20)11(12,13)14/h5-8,15-17H,3-4H2,1-2H3. The van der Waals surface area contributed by atoms with Crippen molar-refractivity contribution in [2.24, 2.45) is 0 Å². The van der Waals surface area contributed by atoms with Crippen LogP contribution in [0.15, 0.2) is 24.3 Å². The van der Waals surface area contributed by atoms with Gasteiger partial charge in [-0.15, -0.1) is 0 Å². The molecule has 0 aliphatic carbocycles. The molecule has 0 bridgehead atoms. The second-order valence-electron chi connectivity index (χ2n) is 3.93. The summed E-state index contributed by atoms with van der Waals surface area (Å²) in [4.78, 5) is 0. The molecule has 0 radical (unpaired) electrons. The Morgan fingerprint density at radius 2 is 1.62 bits per heavy atom. The van der Waals surface area contributed by atoms with Crippen LogP contribution in [0.25, 0.3) is 0 Å². The van der Waals surface area contributed by atoms with E-state index >= 15 is 0 Å². The highest BCUT2D eigenvalue weighted by molar-refractivity contribution is 7.93. The first kappa shape index (κ1) is 17.5. The van der Waals surface area contributed by atoms with Crippen LogP contribution in [0.2, 0.25) is 0 Å². The number of hydrogen-bond acceptors (Lipinski definition) is 5. The Balaban J connectivity index is 3.15. The molecule has 10 heteroatoms. The summed E-state index contributed by atoms with van der Waals surface area (Å²) in [6.45, 7) is 4.58. The molecule has 1 aromatic rings. The average molecular weight is 326 g/mol. The third-order valence-corrected chi connectivity index (χ3v) is 3.42. The maximum atomic E-state index is 12.5. The maximum Gasteiger partial charge on any atom is 0.516 e. The summed E-state index contributed by atoms with van der Waals surface area (Å²) in [6.07, 6.45) is 0. The first-order chi connectivity index (χ1) is 9.73. The number of rotatable bonds is 7. The third kappa shape index (κ3) is 4.48. The molecule has 1 rings (SSSR count). The van der Waals surface area contributed by atoms with Gasteiger partial charge < -0.3 is 0 Å². The topological polar surface area (TPSA) is 73.5 Å². The molecule has 120 valence electrons. The summed E-state index contributed by atoms with van der Waals surface area (Å²) >= 11 is 0. The fraction of sp³-hybridized carbons (Fsp3) is 0.455. The van der Waals surface area contributed by atoms with Crippen molar-refractivity contribution in [2.45, 2.75) is 19.4 Å². The minimum absolute atomic E-state index is 0.184. The van der Waals surface area contributed by atoms with E-state index in [1.54, 1.807) is 24.6 Å². The van der Waals surface area contributed by atoms with Crippen LogP contribution in [-0.2, 0) is 10.0 Å². The molecule has 0 heterocycles. The van der Waals surface area contributed by atoms with Crippen LogP contribution in [0.1, 0.15) is 13.8 Å². The zero-order valence-electron chi connectivity index (χ0n) is 11.5. The first-order valence-corrected chi connectivity index (χ1v) is 7.66. The lowest BCUT2D eigenvalue weighted by Gasteiger charge is -2.27. The molecule has 0 saturated carbocycles. The van der Waals surface area contributed by atoms with E-state index in [1.807, 2.05) is 0 Å². The van der Waals surface area contributed by atoms with Gasteiger partial charge in [0.25, 0.3) is 0 Å². The van der Waals surface area contributed by atoms with Crippen LogP contribution >= 0.6 is 0 Å². The quantitative estimate of drug-likeness (QED) is 0.667. The molecule has 0 saturated heterocycles. The minimum Gasteiger partial charge on any atom is -0.274 e. The van der Waals surface area contributed by atoms with Gasteiger partial charge in [-0.1, -0.05) is 26.0 Å². The van der Waals surface area contributed by atoms with Gasteiger partial charge in [0.05, 0.1) is 11.4 Å². The molecule has 3 N–H and O–H groups in total. The van der Waals surface area contributed by atoms with Gasteiger partial charge in [0.15, 0.2) is 0 Å². The zero-order chi connectivity index (χ0) is 16.1. The molecule has 0 spiro atoms. The molecule has 0 unspecified atom stereocenters. The normalized spacial score (nSPS) is 12.2. The summed E-state index contributed by atoms with van der Waals surface area (Å²) in [7, 11) is -5.47. The first-order valence-electron chi connectivity index (χ1n) is 6.18. The Bertz CT molecular complexity index is 557. The van der Waals surface area contributed by atoms with E-state index in [9.17, 15) is 21.6 Å². The number of nitrogens with zero attached hydrogens (tertiary/aromatic N) is 1. The molecule has 0 amide bonds. The number of alkyl halides is 3. The largest absolute Gasteiger partial charge is 0.516 e. The molecular weight excluding hydrogens is 309 g/mol. The second kappa shape index (κ2) is 6.96. The summed E-state index contributed by atoms with van der Waals surface area (Å²) in [6, 6.07) is 5.76. The third-order valence-electron chi connectivity index (χ3n) is 2.33. The van der Waals surface area contributed by atoms with Gasteiger partial charge in [-0.3, -0.25) is 4.72 Å². The van der Waals surface area contributed by atoms with E-state index < -0.39 is 15.5 Å². The second-order valence-corrected chi connectivity index (χ2v) is 5.60. The Kier molecular flexibility index (Phi) is 5.81. The van der Waals surface area contributed by atoms with Gasteiger partial charge in [-0.05, 0) is 12.1 Å². The monoisotopic (exact) mass is 326 g/mol. The van der Waals surface area contributed by atoms with Crippen molar-refractivity contribution in [3.05, 3.63) is 24.3 Å². The molecule has 21 heavy (non-hydrogen) atoms. The molecule has 0 aliphatic heterocycles. The highest BCUT2D eigenvalue weighted by atomic mass is 32.2. The van der Waals surface area contributed by atoms with E-state index in [4.69, 9.17) is 0 Å². The summed E-state index contributed by atoms with van der Waals surface area (Å²) < 4.78 is 61.3. The summed E-state index contributed by atoms with van der Waals surface area (Å²) in [5.41, 5.74) is 0.415. The highest BCUT2D eigenvalue weighted by Gasteiger charge is 2.46. The van der Waals surface area contributed by atoms with Crippen molar-refractivity contribution in [1.82, 2.24) is 10.9 Å². The number of benzene rings is 1. The van der Waals surface area contributed by atoms with E-state index in [1.165, 1.54) is 23.3 Å². The molecule has 0 atom stereocenters. The molecule has 0 aliphatic rings. The molecular formula is C11H17F3N4O2S. The number of hydrogen-bond donors (Lipinski definition) is 3. The average Bonchev–Trinajstić information content (AvgIpc) is 2.37. The SMILES string of the molecule is CCNN(NCC)c1ccccc1NS(=O)(=O)C(F)(F)F. The predicted molar refractivity (Wildman–Crippen MR) is 74.9 cm³/mol. The number of para-hydroxylation sites is 2. The molecule has 0 fully saturated rings. The van der Waals surface area contributed by atoms with Crippen LogP contribution in [0.5, 0.6) is 0 Å². The lowest BCUT2D eigenvalue weighted by atomic mass is 10.3. The van der Waals surface area contributed by atoms with Gasteiger partial charge in [0.1, 0.15) is 0 Å². The van der Waals surface area contributed by atoms with Gasteiger partial charge >= 0.3 is 15.5 Å². The van der Waals surface area contributed by atoms with Crippen LogP contribution in [0.4, 0.5) is 24.5 Å². The molecule has 1 aromatic carbocycles. The van der Waals surface area contributed by atoms with Gasteiger partial charge in [-0.25, -0.2) is 16.0 Å². The predicted octanol–water partition coefficient (Wildman–Crippen LogP) is 1.80. The highest BCUT2D eigenvalue weighted by Crippen LogP contribution is 2.30. The Morgan fingerprint density at radius 1 is 1.10 bits per heavy atom. The van der Waals surface area contributed by atoms with Crippen molar-refractivity contribution in [3.63, 3.8) is 0 Å². The fourth-order valence-electron chi connectivity index (χ4n) is 1.50. The number of halogens is 3. The van der Waals surface area contributed by atoms with Crippen molar-refractivity contribution in [3.8, 4) is 0 Å². The maximum absolute atomic E-state index is 12.5. The van der Waals surface area contributed by atoms with Gasteiger partial charge in [-0.2, -0.15) is 21.6 Å².